The third kappa shape index (κ3) is 3.69. The van der Waals surface area contributed by atoms with Crippen molar-refractivity contribution in [3.05, 3.63) is 49.9 Å². The van der Waals surface area contributed by atoms with Crippen LogP contribution in [0, 0.1) is 0 Å². The van der Waals surface area contributed by atoms with Crippen LogP contribution < -0.4 is 5.32 Å². The largest absolute Gasteiger partial charge is 0.311 e. The molecule has 2 nitrogen and oxygen atoms in total. The molecule has 0 atom stereocenters. The lowest BCUT2D eigenvalue weighted by Gasteiger charge is -2.01. The van der Waals surface area contributed by atoms with E-state index in [-0.39, 0.29) is 0 Å². The van der Waals surface area contributed by atoms with E-state index in [1.807, 2.05) is 18.2 Å². The molecule has 0 unspecified atom stereocenters. The summed E-state index contributed by atoms with van der Waals surface area (Å²) >= 11 is 13.6. The van der Waals surface area contributed by atoms with Crippen LogP contribution in [0.2, 0.25) is 10.0 Å². The predicted molar refractivity (Wildman–Crippen MR) is 78.8 cm³/mol. The summed E-state index contributed by atoms with van der Waals surface area (Å²) in [5.41, 5.74) is 2.23. The Kier molecular flexibility index (Phi) is 5.01. The van der Waals surface area contributed by atoms with Gasteiger partial charge in [-0.2, -0.15) is 0 Å². The number of benzene rings is 1. The van der Waals surface area contributed by atoms with E-state index in [9.17, 15) is 0 Å². The molecule has 0 amide bonds. The fourth-order valence-corrected chi connectivity index (χ4v) is 2.74. The number of thiazole rings is 1. The average molecular weight is 301 g/mol. The average Bonchev–Trinajstić information content (AvgIpc) is 2.79. The molecule has 2 aromatic rings. The minimum absolute atomic E-state index is 0.590. The summed E-state index contributed by atoms with van der Waals surface area (Å²) in [6.45, 7) is 3.87. The molecule has 0 fully saturated rings. The second-order valence-corrected chi connectivity index (χ2v) is 5.70. The Labute approximate surface area is 121 Å². The van der Waals surface area contributed by atoms with Gasteiger partial charge in [0, 0.05) is 18.3 Å². The molecule has 1 N–H and O–H groups in total. The first kappa shape index (κ1) is 13.8. The Morgan fingerprint density at radius 3 is 2.83 bits per heavy atom. The van der Waals surface area contributed by atoms with Crippen LogP contribution in [0.1, 0.15) is 23.2 Å². The number of hydrogen-bond donors (Lipinski definition) is 1. The van der Waals surface area contributed by atoms with Crippen LogP contribution >= 0.6 is 34.5 Å². The topological polar surface area (TPSA) is 24.9 Å². The lowest BCUT2D eigenvalue weighted by Crippen LogP contribution is -2.11. The summed E-state index contributed by atoms with van der Waals surface area (Å²) in [6.07, 6.45) is 0.799. The molecule has 0 radical (unpaired) electrons. The number of rotatable bonds is 5. The van der Waals surface area contributed by atoms with Crippen LogP contribution in [-0.4, -0.2) is 11.5 Å². The minimum Gasteiger partial charge on any atom is -0.311 e. The molecule has 5 heteroatoms. The van der Waals surface area contributed by atoms with Crippen LogP contribution in [0.5, 0.6) is 0 Å². The lowest BCUT2D eigenvalue weighted by atomic mass is 10.2. The monoisotopic (exact) mass is 300 g/mol. The van der Waals surface area contributed by atoms with E-state index in [2.05, 4.69) is 22.6 Å². The van der Waals surface area contributed by atoms with Gasteiger partial charge in [0.25, 0.3) is 0 Å². The zero-order valence-corrected chi connectivity index (χ0v) is 12.4. The van der Waals surface area contributed by atoms with E-state index in [1.165, 1.54) is 0 Å². The minimum atomic E-state index is 0.590. The normalized spacial score (nSPS) is 10.8. The van der Waals surface area contributed by atoms with Gasteiger partial charge in [0.2, 0.25) is 0 Å². The molecule has 0 saturated carbocycles. The van der Waals surface area contributed by atoms with Crippen molar-refractivity contribution in [3.8, 4) is 0 Å². The van der Waals surface area contributed by atoms with Gasteiger partial charge in [-0.15, -0.1) is 11.3 Å². The van der Waals surface area contributed by atoms with Crippen molar-refractivity contribution in [3.63, 3.8) is 0 Å². The number of aromatic nitrogens is 1. The first-order valence-electron chi connectivity index (χ1n) is 5.77. The van der Waals surface area contributed by atoms with E-state index in [1.54, 1.807) is 11.3 Å². The van der Waals surface area contributed by atoms with Crippen molar-refractivity contribution in [2.24, 2.45) is 0 Å². The maximum absolute atomic E-state index is 5.99. The van der Waals surface area contributed by atoms with Gasteiger partial charge in [0.15, 0.2) is 0 Å². The van der Waals surface area contributed by atoms with Gasteiger partial charge in [-0.3, -0.25) is 0 Å². The highest BCUT2D eigenvalue weighted by Crippen LogP contribution is 2.24. The molecule has 1 heterocycles. The summed E-state index contributed by atoms with van der Waals surface area (Å²) in [5.74, 6) is 0. The molecule has 1 aromatic carbocycles. The van der Waals surface area contributed by atoms with Crippen molar-refractivity contribution < 1.29 is 0 Å². The summed E-state index contributed by atoms with van der Waals surface area (Å²) in [6, 6.07) is 5.71. The highest BCUT2D eigenvalue weighted by Gasteiger charge is 2.05. The van der Waals surface area contributed by atoms with Crippen molar-refractivity contribution in [1.29, 1.82) is 0 Å². The molecule has 2 rings (SSSR count). The number of nitrogens with zero attached hydrogens (tertiary/aromatic N) is 1. The molecule has 1 aromatic heterocycles. The van der Waals surface area contributed by atoms with Crippen LogP contribution in [-0.2, 0) is 13.0 Å². The molecule has 0 saturated heterocycles. The van der Waals surface area contributed by atoms with Crippen LogP contribution in [0.4, 0.5) is 0 Å². The molecular formula is C13H14Cl2N2S. The van der Waals surface area contributed by atoms with E-state index in [4.69, 9.17) is 23.2 Å². The standard InChI is InChI=1S/C13H14Cl2N2S/c1-2-16-7-10-8-18-13(17-10)6-9-3-4-11(14)12(15)5-9/h3-5,8,16H,2,6-7H2,1H3. The van der Waals surface area contributed by atoms with Crippen LogP contribution in [0.25, 0.3) is 0 Å². The SMILES string of the molecule is CCNCc1csc(Cc2ccc(Cl)c(Cl)c2)n1. The molecule has 0 spiro atoms. The molecule has 0 aliphatic rings. The van der Waals surface area contributed by atoms with E-state index in [0.717, 1.165) is 35.8 Å². The zero-order chi connectivity index (χ0) is 13.0. The van der Waals surface area contributed by atoms with Gasteiger partial charge < -0.3 is 5.32 Å². The Balaban J connectivity index is 2.04. The summed E-state index contributed by atoms with van der Waals surface area (Å²) in [7, 11) is 0. The maximum atomic E-state index is 5.99. The second kappa shape index (κ2) is 6.53. The van der Waals surface area contributed by atoms with Crippen molar-refractivity contribution in [1.82, 2.24) is 10.3 Å². The third-order valence-electron chi connectivity index (χ3n) is 2.49. The Bertz CT molecular complexity index is 525. The number of hydrogen-bond acceptors (Lipinski definition) is 3. The van der Waals surface area contributed by atoms with Crippen molar-refractivity contribution >= 4 is 34.5 Å². The van der Waals surface area contributed by atoms with E-state index in [0.29, 0.717) is 10.0 Å². The zero-order valence-electron chi connectivity index (χ0n) is 10.0. The molecule has 0 bridgehead atoms. The first-order valence-corrected chi connectivity index (χ1v) is 7.40. The molecule has 18 heavy (non-hydrogen) atoms. The summed E-state index contributed by atoms with van der Waals surface area (Å²) in [5, 5.41) is 7.64. The van der Waals surface area contributed by atoms with Gasteiger partial charge in [-0.25, -0.2) is 4.98 Å². The lowest BCUT2D eigenvalue weighted by molar-refractivity contribution is 0.712. The molecule has 0 aliphatic heterocycles. The fourth-order valence-electron chi connectivity index (χ4n) is 1.59. The van der Waals surface area contributed by atoms with Crippen molar-refractivity contribution in [2.75, 3.05) is 6.54 Å². The Hall–Kier alpha value is -0.610. The molecule has 96 valence electrons. The molecule has 0 aliphatic carbocycles. The smallest absolute Gasteiger partial charge is 0.0972 e. The van der Waals surface area contributed by atoms with E-state index < -0.39 is 0 Å². The van der Waals surface area contributed by atoms with E-state index >= 15 is 0 Å². The predicted octanol–water partition coefficient (Wildman–Crippen LogP) is 4.15. The highest BCUT2D eigenvalue weighted by atomic mass is 35.5. The summed E-state index contributed by atoms with van der Waals surface area (Å²) < 4.78 is 0. The highest BCUT2D eigenvalue weighted by molar-refractivity contribution is 7.09. The quantitative estimate of drug-likeness (QED) is 0.897. The van der Waals surface area contributed by atoms with Gasteiger partial charge in [-0.1, -0.05) is 36.2 Å². The first-order chi connectivity index (χ1) is 8.69. The third-order valence-corrected chi connectivity index (χ3v) is 4.13. The van der Waals surface area contributed by atoms with Gasteiger partial charge in [-0.05, 0) is 24.2 Å². The second-order valence-electron chi connectivity index (χ2n) is 3.94. The van der Waals surface area contributed by atoms with Gasteiger partial charge in [0.05, 0.1) is 20.7 Å². The molecular weight excluding hydrogens is 287 g/mol. The Morgan fingerprint density at radius 2 is 2.11 bits per heavy atom. The number of nitrogens with one attached hydrogen (secondary N) is 1. The van der Waals surface area contributed by atoms with Gasteiger partial charge in [0.1, 0.15) is 0 Å². The van der Waals surface area contributed by atoms with Gasteiger partial charge >= 0.3 is 0 Å². The van der Waals surface area contributed by atoms with Crippen LogP contribution in [0.15, 0.2) is 23.6 Å². The van der Waals surface area contributed by atoms with Crippen LogP contribution in [0.3, 0.4) is 0 Å². The Morgan fingerprint density at radius 1 is 1.28 bits per heavy atom. The van der Waals surface area contributed by atoms with Crippen molar-refractivity contribution in [2.45, 2.75) is 19.9 Å². The fraction of sp³-hybridized carbons (Fsp3) is 0.308. The number of halogens is 2. The maximum Gasteiger partial charge on any atom is 0.0972 e. The summed E-state index contributed by atoms with van der Waals surface area (Å²) in [4.78, 5) is 4.58.